The van der Waals surface area contributed by atoms with Crippen LogP contribution in [0, 0.1) is 17.0 Å². The average molecular weight is 314 g/mol. The third-order valence-corrected chi connectivity index (χ3v) is 3.60. The van der Waals surface area contributed by atoms with E-state index < -0.39 is 42.2 Å². The van der Waals surface area contributed by atoms with Crippen molar-refractivity contribution in [1.82, 2.24) is 0 Å². The highest BCUT2D eigenvalue weighted by Crippen LogP contribution is 2.28. The molecule has 1 aliphatic heterocycles. The van der Waals surface area contributed by atoms with Crippen LogP contribution in [0.3, 0.4) is 0 Å². The molecule has 0 spiro atoms. The number of aliphatic hydroxyl groups excluding tert-OH is 4. The summed E-state index contributed by atoms with van der Waals surface area (Å²) in [6, 6.07) is 4.17. The van der Waals surface area contributed by atoms with Gasteiger partial charge in [0, 0.05) is 17.8 Å². The fourth-order valence-electron chi connectivity index (χ4n) is 2.28. The fourth-order valence-corrected chi connectivity index (χ4v) is 2.28. The Morgan fingerprint density at radius 1 is 1.41 bits per heavy atom. The standard InChI is InChI=1S/C13H18N2O7/c1-6-2-3-7(15(20)21)4-8(6)14-13-11(19)10(18)12(22-13)9(17)5-16/h2-4,9-14,16-19H,5H2,1H3/t9-,10-,11+,12-,13-/m1/s1. The van der Waals surface area contributed by atoms with Gasteiger partial charge in [-0.3, -0.25) is 10.1 Å². The molecule has 1 aromatic carbocycles. The highest BCUT2D eigenvalue weighted by Gasteiger charge is 2.45. The molecule has 2 rings (SSSR count). The van der Waals surface area contributed by atoms with E-state index in [1.807, 2.05) is 0 Å². The van der Waals surface area contributed by atoms with E-state index in [9.17, 15) is 25.4 Å². The molecule has 1 heterocycles. The molecule has 0 bridgehead atoms. The minimum absolute atomic E-state index is 0.131. The molecule has 5 atom stereocenters. The van der Waals surface area contributed by atoms with Crippen molar-refractivity contribution in [3.05, 3.63) is 33.9 Å². The van der Waals surface area contributed by atoms with Gasteiger partial charge in [0.25, 0.3) is 5.69 Å². The number of hydrogen-bond donors (Lipinski definition) is 5. The van der Waals surface area contributed by atoms with Crippen LogP contribution in [-0.2, 0) is 4.74 Å². The van der Waals surface area contributed by atoms with Gasteiger partial charge in [-0.15, -0.1) is 0 Å². The minimum atomic E-state index is -1.39. The molecule has 9 heteroatoms. The summed E-state index contributed by atoms with van der Waals surface area (Å²) in [7, 11) is 0. The van der Waals surface area contributed by atoms with Crippen molar-refractivity contribution in [2.24, 2.45) is 0 Å². The molecule has 1 aliphatic rings. The van der Waals surface area contributed by atoms with Crippen LogP contribution < -0.4 is 5.32 Å². The number of aryl methyl sites for hydroxylation is 1. The Labute approximate surface area is 125 Å². The van der Waals surface area contributed by atoms with Crippen LogP contribution in [0.15, 0.2) is 18.2 Å². The molecule has 0 radical (unpaired) electrons. The smallest absolute Gasteiger partial charge is 0.271 e. The first kappa shape index (κ1) is 16.6. The maximum absolute atomic E-state index is 10.8. The molecule has 1 aromatic rings. The van der Waals surface area contributed by atoms with Gasteiger partial charge in [0.2, 0.25) is 0 Å². The van der Waals surface area contributed by atoms with E-state index in [4.69, 9.17) is 9.84 Å². The van der Waals surface area contributed by atoms with Crippen LogP contribution in [-0.4, -0.2) is 62.6 Å². The molecule has 1 saturated heterocycles. The van der Waals surface area contributed by atoms with Crippen molar-refractivity contribution in [3.8, 4) is 0 Å². The zero-order valence-corrected chi connectivity index (χ0v) is 11.8. The van der Waals surface area contributed by atoms with E-state index in [0.29, 0.717) is 11.3 Å². The Kier molecular flexibility index (Phi) is 4.94. The Bertz CT molecular complexity index is 553. The lowest BCUT2D eigenvalue weighted by Crippen LogP contribution is -2.40. The van der Waals surface area contributed by atoms with Gasteiger partial charge in [-0.1, -0.05) is 6.07 Å². The summed E-state index contributed by atoms with van der Waals surface area (Å²) in [6.07, 6.45) is -6.32. The summed E-state index contributed by atoms with van der Waals surface area (Å²) >= 11 is 0. The lowest BCUT2D eigenvalue weighted by molar-refractivity contribution is -0.384. The second kappa shape index (κ2) is 6.55. The number of benzene rings is 1. The lowest BCUT2D eigenvalue weighted by Gasteiger charge is -2.20. The van der Waals surface area contributed by atoms with Crippen LogP contribution in [0.1, 0.15) is 5.56 Å². The van der Waals surface area contributed by atoms with Crippen LogP contribution in [0.5, 0.6) is 0 Å². The molecule has 0 unspecified atom stereocenters. The van der Waals surface area contributed by atoms with Crippen molar-refractivity contribution in [2.45, 2.75) is 37.6 Å². The molecule has 0 aromatic heterocycles. The number of hydrogen-bond acceptors (Lipinski definition) is 8. The fraction of sp³-hybridized carbons (Fsp3) is 0.538. The van der Waals surface area contributed by atoms with Crippen molar-refractivity contribution < 1.29 is 30.1 Å². The first-order chi connectivity index (χ1) is 10.3. The molecule has 0 amide bonds. The number of nitrogens with one attached hydrogen (secondary N) is 1. The number of anilines is 1. The number of rotatable bonds is 5. The van der Waals surface area contributed by atoms with Crippen molar-refractivity contribution >= 4 is 11.4 Å². The van der Waals surface area contributed by atoms with Gasteiger partial charge in [0.05, 0.1) is 11.5 Å². The largest absolute Gasteiger partial charge is 0.394 e. The third kappa shape index (κ3) is 3.18. The van der Waals surface area contributed by atoms with E-state index in [-0.39, 0.29) is 5.69 Å². The first-order valence-corrected chi connectivity index (χ1v) is 6.67. The van der Waals surface area contributed by atoms with E-state index in [1.165, 1.54) is 18.2 Å². The van der Waals surface area contributed by atoms with Crippen molar-refractivity contribution in [2.75, 3.05) is 11.9 Å². The number of aliphatic hydroxyl groups is 4. The third-order valence-electron chi connectivity index (χ3n) is 3.60. The van der Waals surface area contributed by atoms with Gasteiger partial charge in [0.1, 0.15) is 24.4 Å². The first-order valence-electron chi connectivity index (χ1n) is 6.67. The highest BCUT2D eigenvalue weighted by molar-refractivity contribution is 5.57. The predicted octanol–water partition coefficient (Wildman–Crippen LogP) is -0.885. The second-order valence-electron chi connectivity index (χ2n) is 5.15. The zero-order chi connectivity index (χ0) is 16.4. The number of non-ortho nitro benzene ring substituents is 1. The molecule has 5 N–H and O–H groups in total. The Hall–Kier alpha value is -1.78. The van der Waals surface area contributed by atoms with Crippen molar-refractivity contribution in [3.63, 3.8) is 0 Å². The van der Waals surface area contributed by atoms with Crippen LogP contribution in [0.2, 0.25) is 0 Å². The van der Waals surface area contributed by atoms with Crippen LogP contribution in [0.4, 0.5) is 11.4 Å². The number of ether oxygens (including phenoxy) is 1. The maximum Gasteiger partial charge on any atom is 0.271 e. The predicted molar refractivity (Wildman–Crippen MR) is 75.2 cm³/mol. The maximum atomic E-state index is 10.8. The van der Waals surface area contributed by atoms with E-state index >= 15 is 0 Å². The van der Waals surface area contributed by atoms with E-state index in [2.05, 4.69) is 5.32 Å². The summed E-state index contributed by atoms with van der Waals surface area (Å²) in [4.78, 5) is 10.2. The average Bonchev–Trinajstić information content (AvgIpc) is 2.77. The van der Waals surface area contributed by atoms with Gasteiger partial charge in [-0.2, -0.15) is 0 Å². The summed E-state index contributed by atoms with van der Waals surface area (Å²) in [6.45, 7) is 1.08. The van der Waals surface area contributed by atoms with Gasteiger partial charge in [0.15, 0.2) is 6.23 Å². The van der Waals surface area contributed by atoms with Gasteiger partial charge >= 0.3 is 0 Å². The van der Waals surface area contributed by atoms with E-state index in [1.54, 1.807) is 6.92 Å². The topological polar surface area (TPSA) is 145 Å². The number of nitro groups is 1. The molecule has 1 fully saturated rings. The molecule has 0 saturated carbocycles. The second-order valence-corrected chi connectivity index (χ2v) is 5.15. The molecule has 9 nitrogen and oxygen atoms in total. The zero-order valence-electron chi connectivity index (χ0n) is 11.8. The van der Waals surface area contributed by atoms with Gasteiger partial charge in [-0.25, -0.2) is 0 Å². The highest BCUT2D eigenvalue weighted by atomic mass is 16.6. The Balaban J connectivity index is 2.17. The Morgan fingerprint density at radius 2 is 2.09 bits per heavy atom. The van der Waals surface area contributed by atoms with E-state index in [0.717, 1.165) is 0 Å². The normalized spacial score (nSPS) is 29.3. The molecular formula is C13H18N2O7. The van der Waals surface area contributed by atoms with Crippen LogP contribution >= 0.6 is 0 Å². The number of nitro benzene ring substituents is 1. The van der Waals surface area contributed by atoms with Crippen molar-refractivity contribution in [1.29, 1.82) is 0 Å². The molecule has 22 heavy (non-hydrogen) atoms. The van der Waals surface area contributed by atoms with Crippen LogP contribution in [0.25, 0.3) is 0 Å². The molecular weight excluding hydrogens is 296 g/mol. The van der Waals surface area contributed by atoms with Gasteiger partial charge in [-0.05, 0) is 12.5 Å². The summed E-state index contributed by atoms with van der Waals surface area (Å²) < 4.78 is 5.31. The SMILES string of the molecule is Cc1ccc([N+](=O)[O-])cc1N[C@@H]1O[C@H]([C@H](O)CO)[C@H](O)[C@@H]1O. The monoisotopic (exact) mass is 314 g/mol. The summed E-state index contributed by atoms with van der Waals surface area (Å²) in [5.74, 6) is 0. The quantitative estimate of drug-likeness (QED) is 0.348. The Morgan fingerprint density at radius 3 is 2.68 bits per heavy atom. The minimum Gasteiger partial charge on any atom is -0.394 e. The summed E-state index contributed by atoms with van der Waals surface area (Å²) in [5.41, 5.74) is 0.916. The molecule has 122 valence electrons. The number of nitrogens with zero attached hydrogens (tertiary/aromatic N) is 1. The van der Waals surface area contributed by atoms with Gasteiger partial charge < -0.3 is 30.5 Å². The molecule has 0 aliphatic carbocycles. The summed E-state index contributed by atoms with van der Waals surface area (Å²) in [5, 5.41) is 51.8. The lowest BCUT2D eigenvalue weighted by atomic mass is 10.1.